The lowest BCUT2D eigenvalue weighted by molar-refractivity contribution is 0.174. The zero-order valence-electron chi connectivity index (χ0n) is 9.71. The molecule has 1 aromatic carbocycles. The number of hydrogen-bond acceptors (Lipinski definition) is 4. The van der Waals surface area contributed by atoms with E-state index >= 15 is 0 Å². The highest BCUT2D eigenvalue weighted by Gasteiger charge is 2.16. The standard InChI is InChI=1S/C13H8BrN3O2/c14-9-5-16-17(6-9)13-10-4-12-11(18-7-19-12)3-8(10)1-2-15-13/h1-6H,7H2. The van der Waals surface area contributed by atoms with Gasteiger partial charge >= 0.3 is 0 Å². The van der Waals surface area contributed by atoms with Crippen molar-refractivity contribution in [3.63, 3.8) is 0 Å². The third kappa shape index (κ3) is 1.67. The van der Waals surface area contributed by atoms with Gasteiger partial charge in [-0.1, -0.05) is 0 Å². The van der Waals surface area contributed by atoms with Crippen LogP contribution in [0.4, 0.5) is 0 Å². The molecule has 94 valence electrons. The summed E-state index contributed by atoms with van der Waals surface area (Å²) in [5.74, 6) is 2.28. The molecule has 3 aromatic rings. The molecule has 0 atom stereocenters. The normalized spacial score (nSPS) is 13.1. The van der Waals surface area contributed by atoms with E-state index in [1.54, 1.807) is 17.1 Å². The molecule has 5 nitrogen and oxygen atoms in total. The van der Waals surface area contributed by atoms with Gasteiger partial charge in [-0.3, -0.25) is 0 Å². The maximum Gasteiger partial charge on any atom is 0.231 e. The van der Waals surface area contributed by atoms with Gasteiger partial charge in [0.25, 0.3) is 0 Å². The van der Waals surface area contributed by atoms with Crippen molar-refractivity contribution in [2.45, 2.75) is 0 Å². The summed E-state index contributed by atoms with van der Waals surface area (Å²) in [7, 11) is 0. The summed E-state index contributed by atoms with van der Waals surface area (Å²) in [6, 6.07) is 5.84. The molecule has 4 rings (SSSR count). The zero-order valence-corrected chi connectivity index (χ0v) is 11.3. The molecule has 2 aromatic heterocycles. The van der Waals surface area contributed by atoms with Crippen molar-refractivity contribution in [1.29, 1.82) is 0 Å². The second kappa shape index (κ2) is 3.96. The lowest BCUT2D eigenvalue weighted by Gasteiger charge is -2.06. The molecule has 0 bridgehead atoms. The minimum Gasteiger partial charge on any atom is -0.454 e. The molecule has 0 aliphatic carbocycles. The monoisotopic (exact) mass is 317 g/mol. The molecule has 3 heterocycles. The van der Waals surface area contributed by atoms with Gasteiger partial charge < -0.3 is 9.47 Å². The van der Waals surface area contributed by atoms with Gasteiger partial charge in [-0.25, -0.2) is 9.67 Å². The Labute approximate surface area is 116 Å². The van der Waals surface area contributed by atoms with Gasteiger partial charge in [0, 0.05) is 17.8 Å². The molecule has 0 saturated carbocycles. The van der Waals surface area contributed by atoms with E-state index in [0.29, 0.717) is 0 Å². The maximum atomic E-state index is 5.41. The van der Waals surface area contributed by atoms with Crippen LogP contribution in [0.25, 0.3) is 16.6 Å². The van der Waals surface area contributed by atoms with Gasteiger partial charge in [0.2, 0.25) is 6.79 Å². The third-order valence-corrected chi connectivity index (χ3v) is 3.41. The molecule has 0 unspecified atom stereocenters. The van der Waals surface area contributed by atoms with E-state index in [1.165, 1.54) is 0 Å². The summed E-state index contributed by atoms with van der Waals surface area (Å²) in [5.41, 5.74) is 0. The van der Waals surface area contributed by atoms with Gasteiger partial charge in [0.15, 0.2) is 17.3 Å². The number of benzene rings is 1. The summed E-state index contributed by atoms with van der Waals surface area (Å²) in [5, 5.41) is 6.28. The molecular weight excluding hydrogens is 310 g/mol. The minimum atomic E-state index is 0.266. The number of pyridine rings is 1. The Bertz CT molecular complexity index is 785. The molecule has 0 N–H and O–H groups in total. The predicted octanol–water partition coefficient (Wildman–Crippen LogP) is 2.91. The van der Waals surface area contributed by atoms with Crippen molar-refractivity contribution >= 4 is 26.7 Å². The number of nitrogens with zero attached hydrogens (tertiary/aromatic N) is 3. The van der Waals surface area contributed by atoms with Gasteiger partial charge in [0.1, 0.15) is 0 Å². The van der Waals surface area contributed by atoms with Crippen molar-refractivity contribution in [2.24, 2.45) is 0 Å². The fourth-order valence-electron chi connectivity index (χ4n) is 2.15. The molecule has 1 aliphatic rings. The highest BCUT2D eigenvalue weighted by molar-refractivity contribution is 9.10. The van der Waals surface area contributed by atoms with E-state index in [-0.39, 0.29) is 6.79 Å². The van der Waals surface area contributed by atoms with Crippen LogP contribution in [-0.2, 0) is 0 Å². The van der Waals surface area contributed by atoms with Crippen LogP contribution < -0.4 is 9.47 Å². The Balaban J connectivity index is 2.01. The first-order valence-electron chi connectivity index (χ1n) is 5.70. The highest BCUT2D eigenvalue weighted by atomic mass is 79.9. The Kier molecular flexibility index (Phi) is 2.25. The molecule has 19 heavy (non-hydrogen) atoms. The lowest BCUT2D eigenvalue weighted by Crippen LogP contribution is -1.98. The van der Waals surface area contributed by atoms with E-state index in [4.69, 9.17) is 9.47 Å². The summed E-state index contributed by atoms with van der Waals surface area (Å²) in [6.07, 6.45) is 5.36. The number of fused-ring (bicyclic) bond motifs is 2. The summed E-state index contributed by atoms with van der Waals surface area (Å²) in [6.45, 7) is 0.266. The van der Waals surface area contributed by atoms with Gasteiger partial charge in [-0.05, 0) is 39.5 Å². The number of ether oxygens (including phenoxy) is 2. The van der Waals surface area contributed by atoms with Crippen LogP contribution in [0.15, 0.2) is 41.3 Å². The smallest absolute Gasteiger partial charge is 0.231 e. The summed E-state index contributed by atoms with van der Waals surface area (Å²) in [4.78, 5) is 4.40. The largest absolute Gasteiger partial charge is 0.454 e. The molecule has 1 aliphatic heterocycles. The van der Waals surface area contributed by atoms with Crippen LogP contribution in [0.1, 0.15) is 0 Å². The average Bonchev–Trinajstić information content (AvgIpc) is 3.03. The lowest BCUT2D eigenvalue weighted by atomic mass is 10.1. The Hall–Kier alpha value is -2.08. The quantitative estimate of drug-likeness (QED) is 0.692. The van der Waals surface area contributed by atoms with Crippen molar-refractivity contribution < 1.29 is 9.47 Å². The van der Waals surface area contributed by atoms with E-state index in [9.17, 15) is 0 Å². The molecule has 0 radical (unpaired) electrons. The summed E-state index contributed by atoms with van der Waals surface area (Å²) < 4.78 is 13.4. The van der Waals surface area contributed by atoms with Crippen LogP contribution >= 0.6 is 15.9 Å². The van der Waals surface area contributed by atoms with Crippen molar-refractivity contribution in [1.82, 2.24) is 14.8 Å². The molecule has 0 saturated heterocycles. The van der Waals surface area contributed by atoms with Crippen molar-refractivity contribution in [2.75, 3.05) is 6.79 Å². The highest BCUT2D eigenvalue weighted by Crippen LogP contribution is 2.37. The van der Waals surface area contributed by atoms with Crippen LogP contribution in [0.2, 0.25) is 0 Å². The first kappa shape index (κ1) is 10.8. The molecule has 6 heteroatoms. The molecule has 0 amide bonds. The van der Waals surface area contributed by atoms with Gasteiger partial charge in [0.05, 0.1) is 10.7 Å². The van der Waals surface area contributed by atoms with E-state index in [1.807, 2.05) is 24.4 Å². The number of halogens is 1. The SMILES string of the molecule is Brc1cnn(-c2nccc3cc4c(cc23)OCO4)c1. The van der Waals surface area contributed by atoms with Crippen LogP contribution in [0.3, 0.4) is 0 Å². The summed E-state index contributed by atoms with van der Waals surface area (Å²) >= 11 is 3.39. The van der Waals surface area contributed by atoms with E-state index in [2.05, 4.69) is 26.0 Å². The van der Waals surface area contributed by atoms with Gasteiger partial charge in [-0.15, -0.1) is 0 Å². The Morgan fingerprint density at radius 2 is 2.05 bits per heavy atom. The number of aromatic nitrogens is 3. The van der Waals surface area contributed by atoms with E-state index in [0.717, 1.165) is 32.6 Å². The fraction of sp³-hybridized carbons (Fsp3) is 0.0769. The first-order chi connectivity index (χ1) is 9.31. The number of rotatable bonds is 1. The Morgan fingerprint density at radius 3 is 2.84 bits per heavy atom. The second-order valence-corrected chi connectivity index (χ2v) is 5.08. The number of hydrogen-bond donors (Lipinski definition) is 0. The first-order valence-corrected chi connectivity index (χ1v) is 6.49. The predicted molar refractivity (Wildman–Crippen MR) is 72.7 cm³/mol. The minimum absolute atomic E-state index is 0.266. The van der Waals surface area contributed by atoms with Crippen LogP contribution in [0.5, 0.6) is 11.5 Å². The average molecular weight is 318 g/mol. The van der Waals surface area contributed by atoms with Crippen LogP contribution in [-0.4, -0.2) is 21.6 Å². The van der Waals surface area contributed by atoms with Crippen molar-refractivity contribution in [3.8, 4) is 17.3 Å². The second-order valence-electron chi connectivity index (χ2n) is 4.16. The molecular formula is C13H8BrN3O2. The van der Waals surface area contributed by atoms with Crippen LogP contribution in [0, 0.1) is 0 Å². The fourth-order valence-corrected chi connectivity index (χ4v) is 2.43. The van der Waals surface area contributed by atoms with Gasteiger partial charge in [-0.2, -0.15) is 5.10 Å². The van der Waals surface area contributed by atoms with Crippen molar-refractivity contribution in [3.05, 3.63) is 41.3 Å². The molecule has 0 spiro atoms. The third-order valence-electron chi connectivity index (χ3n) is 3.00. The Morgan fingerprint density at radius 1 is 1.21 bits per heavy atom. The zero-order chi connectivity index (χ0) is 12.8. The maximum absolute atomic E-state index is 5.41. The molecule has 0 fully saturated rings. The van der Waals surface area contributed by atoms with E-state index < -0.39 is 0 Å². The topological polar surface area (TPSA) is 49.2 Å².